The zero-order chi connectivity index (χ0) is 14.5. The number of benzene rings is 2. The van der Waals surface area contributed by atoms with E-state index in [1.807, 2.05) is 24.3 Å². The minimum Gasteiger partial charge on any atom is -0.467 e. The predicted octanol–water partition coefficient (Wildman–Crippen LogP) is 4.72. The van der Waals surface area contributed by atoms with Crippen LogP contribution in [0.2, 0.25) is 0 Å². The second kappa shape index (κ2) is 6.42. The van der Waals surface area contributed by atoms with Crippen molar-refractivity contribution in [1.82, 2.24) is 5.32 Å². The highest BCUT2D eigenvalue weighted by atomic mass is 16.3. The van der Waals surface area contributed by atoms with E-state index in [1.165, 1.54) is 11.1 Å². The van der Waals surface area contributed by atoms with Gasteiger partial charge in [-0.15, -0.1) is 0 Å². The molecule has 1 aromatic heterocycles. The molecule has 2 aromatic carbocycles. The largest absolute Gasteiger partial charge is 0.467 e. The van der Waals surface area contributed by atoms with Crippen molar-refractivity contribution in [1.29, 1.82) is 0 Å². The molecule has 2 heteroatoms. The first-order chi connectivity index (χ1) is 10.3. The van der Waals surface area contributed by atoms with E-state index in [0.29, 0.717) is 0 Å². The number of rotatable bonds is 5. The number of furan rings is 1. The molecule has 0 amide bonds. The molecule has 2 unspecified atom stereocenters. The summed E-state index contributed by atoms with van der Waals surface area (Å²) in [5, 5.41) is 3.66. The van der Waals surface area contributed by atoms with Crippen molar-refractivity contribution in [3.63, 3.8) is 0 Å². The van der Waals surface area contributed by atoms with Crippen molar-refractivity contribution >= 4 is 0 Å². The molecular formula is C19H19NO. The van der Waals surface area contributed by atoms with Crippen molar-refractivity contribution < 1.29 is 4.42 Å². The molecule has 0 saturated carbocycles. The summed E-state index contributed by atoms with van der Waals surface area (Å²) < 4.78 is 5.62. The van der Waals surface area contributed by atoms with Gasteiger partial charge in [0.05, 0.1) is 12.3 Å². The highest BCUT2D eigenvalue weighted by Gasteiger charge is 2.19. The van der Waals surface area contributed by atoms with Crippen molar-refractivity contribution in [2.75, 3.05) is 0 Å². The van der Waals surface area contributed by atoms with E-state index in [4.69, 9.17) is 4.42 Å². The lowest BCUT2D eigenvalue weighted by atomic mass is 10.0. The van der Waals surface area contributed by atoms with Gasteiger partial charge in [0.25, 0.3) is 0 Å². The Labute approximate surface area is 125 Å². The number of hydrogen-bond acceptors (Lipinski definition) is 2. The summed E-state index contributed by atoms with van der Waals surface area (Å²) >= 11 is 0. The summed E-state index contributed by atoms with van der Waals surface area (Å²) in [5.74, 6) is 0.934. The minimum absolute atomic E-state index is 0.0522. The van der Waals surface area contributed by atoms with Gasteiger partial charge < -0.3 is 4.42 Å². The summed E-state index contributed by atoms with van der Waals surface area (Å²) in [4.78, 5) is 0. The summed E-state index contributed by atoms with van der Waals surface area (Å²) in [5.41, 5.74) is 2.47. The van der Waals surface area contributed by atoms with E-state index >= 15 is 0 Å². The Morgan fingerprint density at radius 2 is 1.38 bits per heavy atom. The molecule has 1 N–H and O–H groups in total. The predicted molar refractivity (Wildman–Crippen MR) is 85.0 cm³/mol. The molecule has 0 saturated heterocycles. The zero-order valence-electron chi connectivity index (χ0n) is 12.1. The van der Waals surface area contributed by atoms with Gasteiger partial charge in [-0.25, -0.2) is 0 Å². The summed E-state index contributed by atoms with van der Waals surface area (Å²) in [6.07, 6.45) is 1.72. The molecule has 0 spiro atoms. The SMILES string of the molecule is CC(NC(c1ccccc1)c1ccco1)c1ccccc1. The Bertz CT molecular complexity index is 647. The maximum atomic E-state index is 5.62. The Morgan fingerprint density at radius 3 is 1.95 bits per heavy atom. The normalized spacial score (nSPS) is 13.8. The van der Waals surface area contributed by atoms with Crippen LogP contribution in [0, 0.1) is 0 Å². The van der Waals surface area contributed by atoms with Crippen LogP contribution >= 0.6 is 0 Å². The first kappa shape index (κ1) is 13.7. The van der Waals surface area contributed by atoms with Crippen LogP contribution in [0.15, 0.2) is 83.5 Å². The van der Waals surface area contributed by atoms with Crippen LogP contribution in [0.5, 0.6) is 0 Å². The Balaban J connectivity index is 1.87. The Morgan fingerprint density at radius 1 is 0.762 bits per heavy atom. The highest BCUT2D eigenvalue weighted by molar-refractivity contribution is 5.28. The Hall–Kier alpha value is -2.32. The fraction of sp³-hybridized carbons (Fsp3) is 0.158. The number of nitrogens with one attached hydrogen (secondary N) is 1. The van der Waals surface area contributed by atoms with Gasteiger partial charge >= 0.3 is 0 Å². The van der Waals surface area contributed by atoms with Gasteiger partial charge in [0.1, 0.15) is 5.76 Å². The van der Waals surface area contributed by atoms with Crippen LogP contribution in [0.25, 0.3) is 0 Å². The van der Waals surface area contributed by atoms with E-state index < -0.39 is 0 Å². The molecule has 3 rings (SSSR count). The maximum absolute atomic E-state index is 5.62. The fourth-order valence-corrected chi connectivity index (χ4v) is 2.53. The third-order valence-corrected chi connectivity index (χ3v) is 3.68. The van der Waals surface area contributed by atoms with Crippen LogP contribution < -0.4 is 5.32 Å². The molecule has 2 atom stereocenters. The van der Waals surface area contributed by atoms with Crippen LogP contribution in [0.3, 0.4) is 0 Å². The summed E-state index contributed by atoms with van der Waals surface area (Å²) in [6, 6.07) is 25.1. The van der Waals surface area contributed by atoms with E-state index in [2.05, 4.69) is 60.8 Å². The lowest BCUT2D eigenvalue weighted by Gasteiger charge is -2.22. The van der Waals surface area contributed by atoms with Crippen molar-refractivity contribution in [2.24, 2.45) is 0 Å². The lowest BCUT2D eigenvalue weighted by Crippen LogP contribution is -2.25. The first-order valence-electron chi connectivity index (χ1n) is 7.24. The van der Waals surface area contributed by atoms with E-state index in [9.17, 15) is 0 Å². The monoisotopic (exact) mass is 277 g/mol. The molecule has 106 valence electrons. The minimum atomic E-state index is 0.0522. The molecule has 0 bridgehead atoms. The average molecular weight is 277 g/mol. The molecule has 0 radical (unpaired) electrons. The highest BCUT2D eigenvalue weighted by Crippen LogP contribution is 2.26. The van der Waals surface area contributed by atoms with Crippen molar-refractivity contribution in [2.45, 2.75) is 19.0 Å². The van der Waals surface area contributed by atoms with Crippen molar-refractivity contribution in [3.8, 4) is 0 Å². The van der Waals surface area contributed by atoms with E-state index in [1.54, 1.807) is 6.26 Å². The molecular weight excluding hydrogens is 258 g/mol. The van der Waals surface area contributed by atoms with Crippen LogP contribution in [-0.4, -0.2) is 0 Å². The van der Waals surface area contributed by atoms with Crippen LogP contribution in [0.4, 0.5) is 0 Å². The Kier molecular flexibility index (Phi) is 4.17. The summed E-state index contributed by atoms with van der Waals surface area (Å²) in [6.45, 7) is 2.17. The van der Waals surface area contributed by atoms with E-state index in [-0.39, 0.29) is 12.1 Å². The molecule has 1 heterocycles. The molecule has 0 fully saturated rings. The summed E-state index contributed by atoms with van der Waals surface area (Å²) in [7, 11) is 0. The van der Waals surface area contributed by atoms with Crippen LogP contribution in [-0.2, 0) is 0 Å². The van der Waals surface area contributed by atoms with Gasteiger partial charge in [0.2, 0.25) is 0 Å². The smallest absolute Gasteiger partial charge is 0.125 e. The van der Waals surface area contributed by atoms with Crippen LogP contribution in [0.1, 0.15) is 35.9 Å². The topological polar surface area (TPSA) is 25.2 Å². The standard InChI is InChI=1S/C19H19NO/c1-15(16-9-4-2-5-10-16)20-19(18-13-8-14-21-18)17-11-6-3-7-12-17/h2-15,19-20H,1H3. The van der Waals surface area contributed by atoms with E-state index in [0.717, 1.165) is 5.76 Å². The average Bonchev–Trinajstić information content (AvgIpc) is 3.08. The van der Waals surface area contributed by atoms with Gasteiger partial charge in [0, 0.05) is 6.04 Å². The van der Waals surface area contributed by atoms with Gasteiger partial charge in [-0.3, -0.25) is 5.32 Å². The molecule has 0 aliphatic carbocycles. The second-order valence-electron chi connectivity index (χ2n) is 5.16. The van der Waals surface area contributed by atoms with Gasteiger partial charge in [0.15, 0.2) is 0 Å². The first-order valence-corrected chi connectivity index (χ1v) is 7.24. The second-order valence-corrected chi connectivity index (χ2v) is 5.16. The lowest BCUT2D eigenvalue weighted by molar-refractivity contribution is 0.419. The van der Waals surface area contributed by atoms with Gasteiger partial charge in [-0.05, 0) is 30.2 Å². The quantitative estimate of drug-likeness (QED) is 0.730. The number of hydrogen-bond donors (Lipinski definition) is 1. The zero-order valence-corrected chi connectivity index (χ0v) is 12.1. The van der Waals surface area contributed by atoms with Gasteiger partial charge in [-0.1, -0.05) is 60.7 Å². The third-order valence-electron chi connectivity index (χ3n) is 3.68. The molecule has 21 heavy (non-hydrogen) atoms. The fourth-order valence-electron chi connectivity index (χ4n) is 2.53. The molecule has 3 aromatic rings. The molecule has 0 aliphatic heterocycles. The molecule has 0 aliphatic rings. The third kappa shape index (κ3) is 3.23. The van der Waals surface area contributed by atoms with Crippen molar-refractivity contribution in [3.05, 3.63) is 95.9 Å². The molecule has 2 nitrogen and oxygen atoms in total. The maximum Gasteiger partial charge on any atom is 0.125 e. The van der Waals surface area contributed by atoms with Gasteiger partial charge in [-0.2, -0.15) is 0 Å².